The molecule has 0 aliphatic heterocycles. The molecule has 1 N–H and O–H groups in total. The molecule has 0 atom stereocenters. The molecule has 0 unspecified atom stereocenters. The predicted octanol–water partition coefficient (Wildman–Crippen LogP) is 4.99. The van der Waals surface area contributed by atoms with E-state index in [-0.39, 0.29) is 5.91 Å². The largest absolute Gasteiger partial charge is 0.497 e. The van der Waals surface area contributed by atoms with Gasteiger partial charge in [0.1, 0.15) is 17.2 Å². The standard InChI is InChI=1S/C25H28N2O3/c1-17-22-9-4-5-10-23(22)27(16-18-7-6-8-21(15-18)30-3)24(17)25(28)26-19-11-13-20(29-2)14-12-19/h6-8,11-15H,4-5,9-10,16H2,1-3H3,(H,26,28). The molecule has 0 bridgehead atoms. The Balaban J connectivity index is 1.70. The maximum atomic E-state index is 13.4. The van der Waals surface area contributed by atoms with Gasteiger partial charge in [-0.15, -0.1) is 0 Å². The second kappa shape index (κ2) is 8.66. The topological polar surface area (TPSA) is 52.5 Å². The quantitative estimate of drug-likeness (QED) is 0.629. The van der Waals surface area contributed by atoms with E-state index in [1.54, 1.807) is 14.2 Å². The van der Waals surface area contributed by atoms with E-state index in [1.807, 2.05) is 42.5 Å². The number of hydrogen-bond acceptors (Lipinski definition) is 3. The number of hydrogen-bond donors (Lipinski definition) is 1. The van der Waals surface area contributed by atoms with Gasteiger partial charge in [-0.25, -0.2) is 0 Å². The molecular weight excluding hydrogens is 376 g/mol. The Kier molecular flexibility index (Phi) is 5.79. The van der Waals surface area contributed by atoms with Crippen molar-refractivity contribution in [3.05, 3.63) is 76.6 Å². The monoisotopic (exact) mass is 404 g/mol. The predicted molar refractivity (Wildman–Crippen MR) is 119 cm³/mol. The number of carbonyl (C=O) groups excluding carboxylic acids is 1. The smallest absolute Gasteiger partial charge is 0.272 e. The molecule has 156 valence electrons. The van der Waals surface area contributed by atoms with Crippen molar-refractivity contribution < 1.29 is 14.3 Å². The fourth-order valence-corrected chi connectivity index (χ4v) is 4.36. The van der Waals surface area contributed by atoms with Crippen LogP contribution in [0, 0.1) is 6.92 Å². The van der Waals surface area contributed by atoms with Crippen LogP contribution in [-0.4, -0.2) is 24.7 Å². The van der Waals surface area contributed by atoms with Crippen LogP contribution in [0.15, 0.2) is 48.5 Å². The van der Waals surface area contributed by atoms with Crippen LogP contribution < -0.4 is 14.8 Å². The minimum Gasteiger partial charge on any atom is -0.497 e. The van der Waals surface area contributed by atoms with Gasteiger partial charge in [-0.3, -0.25) is 4.79 Å². The molecule has 0 fully saturated rings. The van der Waals surface area contributed by atoms with E-state index >= 15 is 0 Å². The van der Waals surface area contributed by atoms with E-state index in [2.05, 4.69) is 22.9 Å². The summed E-state index contributed by atoms with van der Waals surface area (Å²) in [5, 5.41) is 3.07. The van der Waals surface area contributed by atoms with Crippen molar-refractivity contribution >= 4 is 11.6 Å². The second-order valence-corrected chi connectivity index (χ2v) is 7.73. The van der Waals surface area contributed by atoms with Gasteiger partial charge in [0.15, 0.2) is 0 Å². The number of methoxy groups -OCH3 is 2. The van der Waals surface area contributed by atoms with Gasteiger partial charge in [0.05, 0.1) is 14.2 Å². The average molecular weight is 405 g/mol. The summed E-state index contributed by atoms with van der Waals surface area (Å²) in [6.45, 7) is 2.73. The molecule has 5 heteroatoms. The van der Waals surface area contributed by atoms with Gasteiger partial charge in [-0.1, -0.05) is 12.1 Å². The molecule has 2 aromatic carbocycles. The lowest BCUT2D eigenvalue weighted by Crippen LogP contribution is -2.20. The maximum Gasteiger partial charge on any atom is 0.272 e. The molecule has 1 aliphatic rings. The molecule has 0 saturated carbocycles. The second-order valence-electron chi connectivity index (χ2n) is 7.73. The zero-order valence-electron chi connectivity index (χ0n) is 17.8. The molecular formula is C25H28N2O3. The van der Waals surface area contributed by atoms with Gasteiger partial charge >= 0.3 is 0 Å². The number of aromatic nitrogens is 1. The number of nitrogens with one attached hydrogen (secondary N) is 1. The number of ether oxygens (including phenoxy) is 2. The number of fused-ring (bicyclic) bond motifs is 1. The van der Waals surface area contributed by atoms with Crippen molar-refractivity contribution in [2.45, 2.75) is 39.2 Å². The molecule has 30 heavy (non-hydrogen) atoms. The summed E-state index contributed by atoms with van der Waals surface area (Å²) in [7, 11) is 3.31. The van der Waals surface area contributed by atoms with E-state index in [4.69, 9.17) is 9.47 Å². The van der Waals surface area contributed by atoms with E-state index in [0.29, 0.717) is 6.54 Å². The van der Waals surface area contributed by atoms with Crippen LogP contribution in [0.3, 0.4) is 0 Å². The van der Waals surface area contributed by atoms with Crippen molar-refractivity contribution in [3.63, 3.8) is 0 Å². The van der Waals surface area contributed by atoms with Crippen LogP contribution in [0.5, 0.6) is 11.5 Å². The van der Waals surface area contributed by atoms with Crippen LogP contribution in [0.25, 0.3) is 0 Å². The van der Waals surface area contributed by atoms with Crippen LogP contribution in [0.4, 0.5) is 5.69 Å². The molecule has 0 radical (unpaired) electrons. The highest BCUT2D eigenvalue weighted by molar-refractivity contribution is 6.04. The first-order valence-electron chi connectivity index (χ1n) is 10.4. The van der Waals surface area contributed by atoms with E-state index in [0.717, 1.165) is 53.3 Å². The Morgan fingerprint density at radius 3 is 2.47 bits per heavy atom. The van der Waals surface area contributed by atoms with Gasteiger partial charge in [0, 0.05) is 17.9 Å². The third kappa shape index (κ3) is 3.92. The molecule has 0 saturated heterocycles. The Bertz CT molecular complexity index is 1050. The minimum atomic E-state index is -0.0741. The Morgan fingerprint density at radius 2 is 1.73 bits per heavy atom. The molecule has 0 spiro atoms. The van der Waals surface area contributed by atoms with Crippen molar-refractivity contribution in [3.8, 4) is 11.5 Å². The summed E-state index contributed by atoms with van der Waals surface area (Å²) in [6.07, 6.45) is 4.38. The molecule has 3 aromatic rings. The normalized spacial score (nSPS) is 12.9. The summed E-state index contributed by atoms with van der Waals surface area (Å²) in [6, 6.07) is 15.5. The summed E-state index contributed by atoms with van der Waals surface area (Å²) < 4.78 is 12.8. The first kappa shape index (κ1) is 20.1. The van der Waals surface area contributed by atoms with Crippen LogP contribution in [0.2, 0.25) is 0 Å². The Labute approximate surface area is 177 Å². The first-order chi connectivity index (χ1) is 14.6. The van der Waals surface area contributed by atoms with Crippen molar-refractivity contribution in [2.24, 2.45) is 0 Å². The number of carbonyl (C=O) groups is 1. The molecule has 1 aromatic heterocycles. The third-order valence-corrected chi connectivity index (χ3v) is 5.88. The Hall–Kier alpha value is -3.21. The van der Waals surface area contributed by atoms with E-state index in [9.17, 15) is 4.79 Å². The fourth-order valence-electron chi connectivity index (χ4n) is 4.36. The summed E-state index contributed by atoms with van der Waals surface area (Å²) in [4.78, 5) is 13.4. The fraction of sp³-hybridized carbons (Fsp3) is 0.320. The van der Waals surface area contributed by atoms with Gasteiger partial charge in [-0.2, -0.15) is 0 Å². The highest BCUT2D eigenvalue weighted by Crippen LogP contribution is 2.31. The van der Waals surface area contributed by atoms with Gasteiger partial charge in [0.2, 0.25) is 0 Å². The van der Waals surface area contributed by atoms with Crippen molar-refractivity contribution in [1.82, 2.24) is 4.57 Å². The lowest BCUT2D eigenvalue weighted by atomic mass is 9.95. The van der Waals surface area contributed by atoms with E-state index < -0.39 is 0 Å². The SMILES string of the molecule is COc1ccc(NC(=O)c2c(C)c3c(n2Cc2cccc(OC)c2)CCCC3)cc1. The summed E-state index contributed by atoms with van der Waals surface area (Å²) in [5.41, 5.74) is 6.35. The molecule has 5 nitrogen and oxygen atoms in total. The van der Waals surface area contributed by atoms with Crippen molar-refractivity contribution in [1.29, 1.82) is 0 Å². The third-order valence-electron chi connectivity index (χ3n) is 5.88. The number of nitrogens with zero attached hydrogens (tertiary/aromatic N) is 1. The Morgan fingerprint density at radius 1 is 1.00 bits per heavy atom. The maximum absolute atomic E-state index is 13.4. The van der Waals surface area contributed by atoms with Crippen LogP contribution in [-0.2, 0) is 19.4 Å². The van der Waals surface area contributed by atoms with Crippen molar-refractivity contribution in [2.75, 3.05) is 19.5 Å². The first-order valence-corrected chi connectivity index (χ1v) is 10.4. The lowest BCUT2D eigenvalue weighted by molar-refractivity contribution is 0.101. The number of benzene rings is 2. The minimum absolute atomic E-state index is 0.0741. The zero-order chi connectivity index (χ0) is 21.1. The highest BCUT2D eigenvalue weighted by atomic mass is 16.5. The molecule has 1 heterocycles. The van der Waals surface area contributed by atoms with Gasteiger partial charge in [0.25, 0.3) is 5.91 Å². The molecule has 1 amide bonds. The summed E-state index contributed by atoms with van der Waals surface area (Å²) >= 11 is 0. The highest BCUT2D eigenvalue weighted by Gasteiger charge is 2.26. The zero-order valence-corrected chi connectivity index (χ0v) is 17.8. The molecule has 4 rings (SSSR count). The van der Waals surface area contributed by atoms with E-state index in [1.165, 1.54) is 17.7 Å². The average Bonchev–Trinajstić information content (AvgIpc) is 3.06. The molecule has 1 aliphatic carbocycles. The summed E-state index contributed by atoms with van der Waals surface area (Å²) in [5.74, 6) is 1.52. The van der Waals surface area contributed by atoms with Crippen LogP contribution >= 0.6 is 0 Å². The number of amides is 1. The van der Waals surface area contributed by atoms with Crippen LogP contribution in [0.1, 0.15) is 45.7 Å². The number of rotatable bonds is 6. The number of anilines is 1. The lowest BCUT2D eigenvalue weighted by Gasteiger charge is -2.17. The van der Waals surface area contributed by atoms with Gasteiger partial charge < -0.3 is 19.4 Å². The van der Waals surface area contributed by atoms with Gasteiger partial charge in [-0.05, 0) is 85.7 Å².